The van der Waals surface area contributed by atoms with Crippen LogP contribution in [0.2, 0.25) is 5.02 Å². The summed E-state index contributed by atoms with van der Waals surface area (Å²) in [5.74, 6) is -1.25. The largest absolute Gasteiger partial charge is 0.481 e. The number of nitrogens with two attached hydrogens (primary N) is 1. The molecule has 0 aliphatic carbocycles. The van der Waals surface area contributed by atoms with Crippen molar-refractivity contribution in [2.75, 3.05) is 13.2 Å². The van der Waals surface area contributed by atoms with Gasteiger partial charge in [-0.2, -0.15) is 0 Å². The molecule has 0 amide bonds. The van der Waals surface area contributed by atoms with Gasteiger partial charge in [0, 0.05) is 23.2 Å². The molecule has 2 aromatic rings. The maximum absolute atomic E-state index is 14.0. The molecule has 0 bridgehead atoms. The topological polar surface area (TPSA) is 72.5 Å². The third-order valence-corrected chi connectivity index (χ3v) is 4.78. The molecular formula is C21H25ClFNO3. The normalized spacial score (nSPS) is 14.6. The maximum atomic E-state index is 14.0. The molecule has 27 heavy (non-hydrogen) atoms. The molecule has 0 saturated carbocycles. The summed E-state index contributed by atoms with van der Waals surface area (Å²) in [4.78, 5) is 11.6. The van der Waals surface area contributed by atoms with Crippen molar-refractivity contribution in [2.24, 2.45) is 11.1 Å². The number of ether oxygens (including phenoxy) is 1. The van der Waals surface area contributed by atoms with Crippen LogP contribution in [0, 0.1) is 11.2 Å². The molecule has 0 fully saturated rings. The predicted octanol–water partition coefficient (Wildman–Crippen LogP) is 4.53. The molecule has 146 valence electrons. The molecule has 0 aromatic heterocycles. The molecular weight excluding hydrogens is 369 g/mol. The lowest BCUT2D eigenvalue weighted by Gasteiger charge is -2.27. The first-order valence-corrected chi connectivity index (χ1v) is 9.24. The van der Waals surface area contributed by atoms with Gasteiger partial charge in [-0.05, 0) is 56.0 Å². The monoisotopic (exact) mass is 393 g/mol. The van der Waals surface area contributed by atoms with E-state index < -0.39 is 11.4 Å². The zero-order valence-corrected chi connectivity index (χ0v) is 16.3. The average Bonchev–Trinajstić information content (AvgIpc) is 2.62. The Hall–Kier alpha value is -1.95. The predicted molar refractivity (Wildman–Crippen MR) is 105 cm³/mol. The summed E-state index contributed by atoms with van der Waals surface area (Å²) in [7, 11) is 0. The average molecular weight is 394 g/mol. The van der Waals surface area contributed by atoms with Crippen LogP contribution in [-0.4, -0.2) is 30.3 Å². The molecule has 0 unspecified atom stereocenters. The molecule has 0 saturated heterocycles. The lowest BCUT2D eigenvalue weighted by molar-refractivity contribution is -0.152. The van der Waals surface area contributed by atoms with Crippen molar-refractivity contribution in [3.63, 3.8) is 0 Å². The fraction of sp³-hybridized carbons (Fsp3) is 0.381. The number of hydrogen-bond acceptors (Lipinski definition) is 3. The van der Waals surface area contributed by atoms with Gasteiger partial charge in [-0.15, -0.1) is 0 Å². The van der Waals surface area contributed by atoms with E-state index in [0.717, 1.165) is 11.1 Å². The van der Waals surface area contributed by atoms with E-state index in [1.54, 1.807) is 13.0 Å². The van der Waals surface area contributed by atoms with Crippen molar-refractivity contribution >= 4 is 17.6 Å². The zero-order valence-electron chi connectivity index (χ0n) is 15.5. The zero-order chi connectivity index (χ0) is 20.0. The molecule has 0 aliphatic rings. The van der Waals surface area contributed by atoms with E-state index in [9.17, 15) is 14.3 Å². The Morgan fingerprint density at radius 2 is 1.96 bits per heavy atom. The van der Waals surface area contributed by atoms with E-state index in [1.165, 1.54) is 12.1 Å². The molecule has 0 aliphatic heterocycles. The van der Waals surface area contributed by atoms with E-state index in [1.807, 2.05) is 31.2 Å². The highest BCUT2D eigenvalue weighted by molar-refractivity contribution is 6.30. The minimum Gasteiger partial charge on any atom is -0.481 e. The Bertz CT molecular complexity index is 781. The Labute approximate surface area is 164 Å². The van der Waals surface area contributed by atoms with Gasteiger partial charge in [-0.3, -0.25) is 4.79 Å². The Kier molecular flexibility index (Phi) is 7.36. The molecule has 2 aromatic carbocycles. The van der Waals surface area contributed by atoms with Crippen LogP contribution >= 0.6 is 11.6 Å². The lowest BCUT2D eigenvalue weighted by atomic mass is 9.83. The molecule has 6 heteroatoms. The summed E-state index contributed by atoms with van der Waals surface area (Å²) < 4.78 is 19.3. The number of halogens is 2. The van der Waals surface area contributed by atoms with Crippen molar-refractivity contribution in [2.45, 2.75) is 32.7 Å². The second-order valence-electron chi connectivity index (χ2n) is 6.99. The van der Waals surface area contributed by atoms with E-state index in [4.69, 9.17) is 22.1 Å². The van der Waals surface area contributed by atoms with Gasteiger partial charge in [0.25, 0.3) is 0 Å². The highest BCUT2D eigenvalue weighted by Gasteiger charge is 2.35. The van der Waals surface area contributed by atoms with Crippen LogP contribution in [0.15, 0.2) is 42.5 Å². The molecule has 4 nitrogen and oxygen atoms in total. The van der Waals surface area contributed by atoms with E-state index in [2.05, 4.69) is 0 Å². The molecule has 3 N–H and O–H groups in total. The number of carboxylic acid groups (broad SMARTS) is 1. The molecule has 0 radical (unpaired) electrons. The maximum Gasteiger partial charge on any atom is 0.311 e. The van der Waals surface area contributed by atoms with E-state index >= 15 is 0 Å². The molecule has 0 spiro atoms. The van der Waals surface area contributed by atoms with Gasteiger partial charge in [0.1, 0.15) is 5.82 Å². The standard InChI is InChI=1S/C21H25ClFNO3/c1-3-27-13-21(2,20(25)26)12-17(24)10-14-4-6-15(7-5-14)18-11-16(22)8-9-19(18)23/h4-9,11,17H,3,10,12-13,24H2,1-2H3,(H,25,26)/t17-,21+/m1/s1. The van der Waals surface area contributed by atoms with Crippen LogP contribution in [0.4, 0.5) is 4.39 Å². The number of hydrogen-bond donors (Lipinski definition) is 2. The van der Waals surface area contributed by atoms with Crippen LogP contribution in [0.3, 0.4) is 0 Å². The van der Waals surface area contributed by atoms with Crippen molar-refractivity contribution in [1.29, 1.82) is 0 Å². The van der Waals surface area contributed by atoms with Crippen molar-refractivity contribution in [3.05, 3.63) is 58.9 Å². The molecule has 2 rings (SSSR count). The number of carbonyl (C=O) groups is 1. The van der Waals surface area contributed by atoms with Gasteiger partial charge in [-0.1, -0.05) is 35.9 Å². The van der Waals surface area contributed by atoms with Gasteiger partial charge < -0.3 is 15.6 Å². The second-order valence-corrected chi connectivity index (χ2v) is 7.43. The van der Waals surface area contributed by atoms with E-state index in [0.29, 0.717) is 30.0 Å². The molecule has 0 heterocycles. The Balaban J connectivity index is 2.07. The van der Waals surface area contributed by atoms with Crippen molar-refractivity contribution in [3.8, 4) is 11.1 Å². The molecule has 2 atom stereocenters. The summed E-state index contributed by atoms with van der Waals surface area (Å²) in [6, 6.07) is 11.5. The highest BCUT2D eigenvalue weighted by Crippen LogP contribution is 2.28. The van der Waals surface area contributed by atoms with Crippen LogP contribution in [0.5, 0.6) is 0 Å². The first-order valence-electron chi connectivity index (χ1n) is 8.86. The van der Waals surface area contributed by atoms with Gasteiger partial charge in [0.05, 0.1) is 12.0 Å². The van der Waals surface area contributed by atoms with Crippen LogP contribution in [0.1, 0.15) is 25.8 Å². The summed E-state index contributed by atoms with van der Waals surface area (Å²) in [6.07, 6.45) is 0.820. The summed E-state index contributed by atoms with van der Waals surface area (Å²) in [5.41, 5.74) is 7.29. The Morgan fingerprint density at radius 3 is 2.56 bits per heavy atom. The SMILES string of the molecule is CCOC[C@](C)(C[C@H](N)Cc1ccc(-c2cc(Cl)ccc2F)cc1)C(=O)O. The number of benzene rings is 2. The van der Waals surface area contributed by atoms with Crippen molar-refractivity contribution < 1.29 is 19.0 Å². The van der Waals surface area contributed by atoms with Gasteiger partial charge in [0.15, 0.2) is 0 Å². The van der Waals surface area contributed by atoms with Crippen LogP contribution < -0.4 is 5.73 Å². The summed E-state index contributed by atoms with van der Waals surface area (Å²) in [6.45, 7) is 4.06. The number of carboxylic acids is 1. The van der Waals surface area contributed by atoms with Crippen molar-refractivity contribution in [1.82, 2.24) is 0 Å². The minimum absolute atomic E-state index is 0.125. The van der Waals surface area contributed by atoms with Gasteiger partial charge in [0.2, 0.25) is 0 Å². The minimum atomic E-state index is -1.03. The lowest BCUT2D eigenvalue weighted by Crippen LogP contribution is -2.40. The number of rotatable bonds is 9. The third-order valence-electron chi connectivity index (χ3n) is 4.55. The summed E-state index contributed by atoms with van der Waals surface area (Å²) >= 11 is 5.95. The van der Waals surface area contributed by atoms with Crippen LogP contribution in [-0.2, 0) is 16.0 Å². The highest BCUT2D eigenvalue weighted by atomic mass is 35.5. The van der Waals surface area contributed by atoms with Crippen LogP contribution in [0.25, 0.3) is 11.1 Å². The second kappa shape index (κ2) is 9.31. The number of aliphatic carboxylic acids is 1. The third kappa shape index (κ3) is 5.76. The van der Waals surface area contributed by atoms with E-state index in [-0.39, 0.29) is 18.5 Å². The fourth-order valence-electron chi connectivity index (χ4n) is 3.03. The first-order chi connectivity index (χ1) is 12.7. The first kappa shape index (κ1) is 21.4. The van der Waals surface area contributed by atoms with Gasteiger partial charge >= 0.3 is 5.97 Å². The van der Waals surface area contributed by atoms with Gasteiger partial charge in [-0.25, -0.2) is 4.39 Å². The summed E-state index contributed by atoms with van der Waals surface area (Å²) in [5, 5.41) is 9.98. The Morgan fingerprint density at radius 1 is 1.30 bits per heavy atom. The quantitative estimate of drug-likeness (QED) is 0.656. The smallest absolute Gasteiger partial charge is 0.311 e. The fourth-order valence-corrected chi connectivity index (χ4v) is 3.20.